The number of carbonyl (C=O) groups excluding carboxylic acids is 1. The van der Waals surface area contributed by atoms with E-state index in [2.05, 4.69) is 16.6 Å². The molecule has 0 radical (unpaired) electrons. The van der Waals surface area contributed by atoms with Crippen molar-refractivity contribution in [2.24, 2.45) is 0 Å². The summed E-state index contributed by atoms with van der Waals surface area (Å²) in [5, 5.41) is 3.03. The minimum absolute atomic E-state index is 0.378. The van der Waals surface area contributed by atoms with Gasteiger partial charge in [0, 0.05) is 12.1 Å². The van der Waals surface area contributed by atoms with Crippen molar-refractivity contribution >= 4 is 5.97 Å². The number of carbonyl (C=O) groups is 1. The molecule has 5 nitrogen and oxygen atoms in total. The zero-order chi connectivity index (χ0) is 14.3. The zero-order valence-electron chi connectivity index (χ0n) is 11.4. The van der Waals surface area contributed by atoms with Crippen molar-refractivity contribution in [1.29, 1.82) is 0 Å². The summed E-state index contributed by atoms with van der Waals surface area (Å²) < 4.78 is 15.1. The van der Waals surface area contributed by atoms with E-state index in [1.807, 2.05) is 18.2 Å². The van der Waals surface area contributed by atoms with Gasteiger partial charge in [-0.3, -0.25) is 10.1 Å². The summed E-state index contributed by atoms with van der Waals surface area (Å²) in [6.07, 6.45) is 1.50. The van der Waals surface area contributed by atoms with Crippen molar-refractivity contribution in [3.8, 4) is 11.5 Å². The Hall–Kier alpha value is -2.01. The summed E-state index contributed by atoms with van der Waals surface area (Å²) in [6, 6.07) is 4.93. The standard InChI is InChI=1S/C14H19NO4/c1-5-12(14(16)19-4)15-9-10-8-11(17-2)6-7-13(10)18-3/h5-8,12,15H,1,9H2,2-4H3. The van der Waals surface area contributed by atoms with Gasteiger partial charge in [0.1, 0.15) is 17.5 Å². The number of hydrogen-bond acceptors (Lipinski definition) is 5. The molecular weight excluding hydrogens is 246 g/mol. The van der Waals surface area contributed by atoms with Gasteiger partial charge in [-0.15, -0.1) is 6.58 Å². The Balaban J connectivity index is 2.80. The van der Waals surface area contributed by atoms with Crippen LogP contribution in [0.15, 0.2) is 30.9 Å². The second-order valence-electron chi connectivity index (χ2n) is 3.80. The lowest BCUT2D eigenvalue weighted by Gasteiger charge is -2.15. The van der Waals surface area contributed by atoms with E-state index in [1.165, 1.54) is 13.2 Å². The van der Waals surface area contributed by atoms with Crippen LogP contribution in [0.5, 0.6) is 11.5 Å². The third kappa shape index (κ3) is 3.99. The third-order valence-corrected chi connectivity index (χ3v) is 2.69. The van der Waals surface area contributed by atoms with Crippen LogP contribution in [-0.2, 0) is 16.1 Å². The molecule has 1 N–H and O–H groups in total. The molecule has 19 heavy (non-hydrogen) atoms. The number of esters is 1. The van der Waals surface area contributed by atoms with Gasteiger partial charge >= 0.3 is 5.97 Å². The van der Waals surface area contributed by atoms with Gasteiger partial charge in [-0.1, -0.05) is 6.08 Å². The average Bonchev–Trinajstić information content (AvgIpc) is 2.47. The Bertz CT molecular complexity index is 445. The molecule has 0 saturated heterocycles. The highest BCUT2D eigenvalue weighted by Crippen LogP contribution is 2.23. The Morgan fingerprint density at radius 3 is 2.63 bits per heavy atom. The molecular formula is C14H19NO4. The maximum atomic E-state index is 11.4. The van der Waals surface area contributed by atoms with Gasteiger partial charge in [-0.05, 0) is 18.2 Å². The van der Waals surface area contributed by atoms with E-state index in [4.69, 9.17) is 9.47 Å². The number of ether oxygens (including phenoxy) is 3. The Morgan fingerprint density at radius 1 is 1.37 bits per heavy atom. The minimum Gasteiger partial charge on any atom is -0.497 e. The van der Waals surface area contributed by atoms with E-state index in [-0.39, 0.29) is 5.97 Å². The Labute approximate surface area is 113 Å². The fourth-order valence-corrected chi connectivity index (χ4v) is 1.63. The quantitative estimate of drug-likeness (QED) is 0.598. The average molecular weight is 265 g/mol. The Kier molecular flexibility index (Phi) is 5.89. The summed E-state index contributed by atoms with van der Waals surface area (Å²) in [7, 11) is 4.53. The predicted octanol–water partition coefficient (Wildman–Crippen LogP) is 1.52. The van der Waals surface area contributed by atoms with Crippen LogP contribution >= 0.6 is 0 Å². The first-order valence-corrected chi connectivity index (χ1v) is 5.81. The molecule has 0 aromatic heterocycles. The summed E-state index contributed by atoms with van der Waals surface area (Å²) in [5.74, 6) is 1.07. The van der Waals surface area contributed by atoms with Crippen LogP contribution in [0.3, 0.4) is 0 Å². The van der Waals surface area contributed by atoms with Crippen LogP contribution < -0.4 is 14.8 Å². The first kappa shape index (κ1) is 15.0. The molecule has 1 aromatic rings. The fourth-order valence-electron chi connectivity index (χ4n) is 1.63. The van der Waals surface area contributed by atoms with Crippen LogP contribution in [0.1, 0.15) is 5.56 Å². The largest absolute Gasteiger partial charge is 0.497 e. The van der Waals surface area contributed by atoms with Crippen molar-refractivity contribution in [2.75, 3.05) is 21.3 Å². The maximum Gasteiger partial charge on any atom is 0.326 e. The second kappa shape index (κ2) is 7.43. The lowest BCUT2D eigenvalue weighted by Crippen LogP contribution is -2.35. The van der Waals surface area contributed by atoms with E-state index in [0.29, 0.717) is 6.54 Å². The third-order valence-electron chi connectivity index (χ3n) is 2.69. The maximum absolute atomic E-state index is 11.4. The van der Waals surface area contributed by atoms with Gasteiger partial charge < -0.3 is 14.2 Å². The van der Waals surface area contributed by atoms with Crippen molar-refractivity contribution in [2.45, 2.75) is 12.6 Å². The smallest absolute Gasteiger partial charge is 0.326 e. The van der Waals surface area contributed by atoms with Gasteiger partial charge in [0.25, 0.3) is 0 Å². The van der Waals surface area contributed by atoms with Crippen molar-refractivity contribution in [3.05, 3.63) is 36.4 Å². The molecule has 5 heteroatoms. The molecule has 1 rings (SSSR count). The summed E-state index contributed by atoms with van der Waals surface area (Å²) in [4.78, 5) is 11.4. The number of nitrogens with one attached hydrogen (secondary N) is 1. The molecule has 1 aromatic carbocycles. The van der Waals surface area contributed by atoms with E-state index in [1.54, 1.807) is 14.2 Å². The number of benzene rings is 1. The van der Waals surface area contributed by atoms with Crippen LogP contribution in [0.25, 0.3) is 0 Å². The van der Waals surface area contributed by atoms with Gasteiger partial charge in [0.15, 0.2) is 0 Å². The van der Waals surface area contributed by atoms with Gasteiger partial charge in [0.2, 0.25) is 0 Å². The first-order chi connectivity index (χ1) is 9.15. The van der Waals surface area contributed by atoms with Crippen molar-refractivity contribution < 1.29 is 19.0 Å². The van der Waals surface area contributed by atoms with Gasteiger partial charge in [-0.2, -0.15) is 0 Å². The minimum atomic E-state index is -0.555. The molecule has 0 spiro atoms. The fraction of sp³-hybridized carbons (Fsp3) is 0.357. The lowest BCUT2D eigenvalue weighted by molar-refractivity contribution is -0.141. The van der Waals surface area contributed by atoms with Crippen molar-refractivity contribution in [1.82, 2.24) is 5.32 Å². The number of hydrogen-bond donors (Lipinski definition) is 1. The molecule has 104 valence electrons. The van der Waals surface area contributed by atoms with Gasteiger partial charge in [0.05, 0.1) is 21.3 Å². The predicted molar refractivity (Wildman–Crippen MR) is 72.4 cm³/mol. The SMILES string of the molecule is C=CC(NCc1cc(OC)ccc1OC)C(=O)OC. The highest BCUT2D eigenvalue weighted by Gasteiger charge is 2.15. The molecule has 0 aliphatic rings. The highest BCUT2D eigenvalue weighted by atomic mass is 16.5. The molecule has 0 fully saturated rings. The van der Waals surface area contributed by atoms with E-state index in [0.717, 1.165) is 17.1 Å². The second-order valence-corrected chi connectivity index (χ2v) is 3.80. The normalized spacial score (nSPS) is 11.5. The molecule has 0 aliphatic heterocycles. The summed E-state index contributed by atoms with van der Waals surface area (Å²) in [6.45, 7) is 4.04. The summed E-state index contributed by atoms with van der Waals surface area (Å²) >= 11 is 0. The first-order valence-electron chi connectivity index (χ1n) is 5.81. The van der Waals surface area contributed by atoms with Crippen molar-refractivity contribution in [3.63, 3.8) is 0 Å². The number of methoxy groups -OCH3 is 3. The van der Waals surface area contributed by atoms with E-state index < -0.39 is 6.04 Å². The molecule has 0 saturated carbocycles. The van der Waals surface area contributed by atoms with E-state index >= 15 is 0 Å². The van der Waals surface area contributed by atoms with Crippen LogP contribution in [0, 0.1) is 0 Å². The molecule has 1 unspecified atom stereocenters. The van der Waals surface area contributed by atoms with E-state index in [9.17, 15) is 4.79 Å². The Morgan fingerprint density at radius 2 is 2.11 bits per heavy atom. The number of rotatable bonds is 7. The lowest BCUT2D eigenvalue weighted by atomic mass is 10.1. The molecule has 0 amide bonds. The van der Waals surface area contributed by atoms with Crippen LogP contribution in [0.2, 0.25) is 0 Å². The molecule has 0 aliphatic carbocycles. The van der Waals surface area contributed by atoms with Crippen LogP contribution in [0.4, 0.5) is 0 Å². The molecule has 0 bridgehead atoms. The molecule has 1 atom stereocenters. The monoisotopic (exact) mass is 265 g/mol. The highest BCUT2D eigenvalue weighted by molar-refractivity contribution is 5.77. The van der Waals surface area contributed by atoms with Gasteiger partial charge in [-0.25, -0.2) is 0 Å². The van der Waals surface area contributed by atoms with Crippen LogP contribution in [-0.4, -0.2) is 33.3 Å². The topological polar surface area (TPSA) is 56.8 Å². The molecule has 0 heterocycles. The zero-order valence-corrected chi connectivity index (χ0v) is 11.4. The summed E-state index contributed by atoms with van der Waals surface area (Å²) in [5.41, 5.74) is 0.887.